The van der Waals surface area contributed by atoms with Gasteiger partial charge in [0.1, 0.15) is 5.82 Å². The molecule has 1 heterocycles. The molecule has 0 saturated carbocycles. The molecule has 0 radical (unpaired) electrons. The zero-order valence-corrected chi connectivity index (χ0v) is 12.1. The lowest BCUT2D eigenvalue weighted by Crippen LogP contribution is -2.13. The number of carbonyl (C=O) groups is 1. The average molecular weight is 272 g/mol. The Morgan fingerprint density at radius 3 is 2.55 bits per heavy atom. The third kappa shape index (κ3) is 3.23. The molecular formula is C15H20N4O. The van der Waals surface area contributed by atoms with Gasteiger partial charge in [-0.3, -0.25) is 9.89 Å². The molecule has 0 aliphatic rings. The summed E-state index contributed by atoms with van der Waals surface area (Å²) in [5, 5.41) is 9.42. The van der Waals surface area contributed by atoms with Gasteiger partial charge in [0.2, 0.25) is 5.82 Å². The van der Waals surface area contributed by atoms with Gasteiger partial charge in [-0.25, -0.2) is 4.98 Å². The molecule has 1 aromatic carbocycles. The number of nitrogens with one attached hydrogen (secondary N) is 2. The topological polar surface area (TPSA) is 70.7 Å². The molecule has 2 aromatic rings. The summed E-state index contributed by atoms with van der Waals surface area (Å²) < 4.78 is 0. The number of aromatic amines is 1. The highest BCUT2D eigenvalue weighted by Crippen LogP contribution is 2.20. The van der Waals surface area contributed by atoms with Crippen molar-refractivity contribution in [1.29, 1.82) is 0 Å². The summed E-state index contributed by atoms with van der Waals surface area (Å²) in [5.41, 5.74) is 2.03. The highest BCUT2D eigenvalue weighted by atomic mass is 16.2. The molecule has 0 spiro atoms. The number of aryl methyl sites for hydroxylation is 1. The summed E-state index contributed by atoms with van der Waals surface area (Å²) in [7, 11) is 0. The molecule has 106 valence electrons. The van der Waals surface area contributed by atoms with E-state index in [4.69, 9.17) is 0 Å². The number of anilines is 1. The van der Waals surface area contributed by atoms with E-state index < -0.39 is 0 Å². The fraction of sp³-hybridized carbons (Fsp3) is 0.400. The number of hydrogen-bond donors (Lipinski definition) is 2. The number of carbonyl (C=O) groups excluding carboxylic acids is 1. The maximum absolute atomic E-state index is 12.0. The first kappa shape index (κ1) is 14.2. The van der Waals surface area contributed by atoms with E-state index in [-0.39, 0.29) is 11.7 Å². The number of nitrogens with zero attached hydrogens (tertiary/aromatic N) is 2. The van der Waals surface area contributed by atoms with Gasteiger partial charge in [-0.15, -0.1) is 5.10 Å². The van der Waals surface area contributed by atoms with Crippen LogP contribution in [-0.4, -0.2) is 21.1 Å². The molecule has 1 atom stereocenters. The summed E-state index contributed by atoms with van der Waals surface area (Å²) in [6.07, 6.45) is 1.83. The van der Waals surface area contributed by atoms with Crippen molar-refractivity contribution in [2.45, 2.75) is 39.5 Å². The van der Waals surface area contributed by atoms with Crippen LogP contribution in [-0.2, 0) is 6.42 Å². The molecule has 0 aliphatic heterocycles. The van der Waals surface area contributed by atoms with Crippen molar-refractivity contribution >= 4 is 11.6 Å². The Kier molecular flexibility index (Phi) is 4.50. The molecule has 0 saturated heterocycles. The Morgan fingerprint density at radius 1 is 1.30 bits per heavy atom. The van der Waals surface area contributed by atoms with E-state index in [0.717, 1.165) is 18.5 Å². The third-order valence-corrected chi connectivity index (χ3v) is 3.42. The predicted octanol–water partition coefficient (Wildman–Crippen LogP) is 3.13. The minimum Gasteiger partial charge on any atom is -0.319 e. The molecule has 1 unspecified atom stereocenters. The monoisotopic (exact) mass is 272 g/mol. The normalized spacial score (nSPS) is 12.2. The molecule has 2 N–H and O–H groups in total. The lowest BCUT2D eigenvalue weighted by molar-refractivity contribution is 0.101. The highest BCUT2D eigenvalue weighted by Gasteiger charge is 2.12. The van der Waals surface area contributed by atoms with Crippen LogP contribution in [0.15, 0.2) is 24.3 Å². The van der Waals surface area contributed by atoms with Gasteiger partial charge in [-0.05, 0) is 30.0 Å². The molecule has 5 nitrogen and oxygen atoms in total. The van der Waals surface area contributed by atoms with Gasteiger partial charge in [-0.1, -0.05) is 32.9 Å². The minimum atomic E-state index is -0.294. The minimum absolute atomic E-state index is 0.174. The second-order valence-corrected chi connectivity index (χ2v) is 4.84. The van der Waals surface area contributed by atoms with Gasteiger partial charge in [0.05, 0.1) is 0 Å². The molecule has 1 amide bonds. The van der Waals surface area contributed by atoms with Crippen LogP contribution >= 0.6 is 0 Å². The van der Waals surface area contributed by atoms with Crippen LogP contribution in [0.25, 0.3) is 0 Å². The van der Waals surface area contributed by atoms with E-state index in [9.17, 15) is 4.79 Å². The van der Waals surface area contributed by atoms with E-state index >= 15 is 0 Å². The Bertz CT molecular complexity index is 574. The Morgan fingerprint density at radius 2 is 2.00 bits per heavy atom. The zero-order valence-electron chi connectivity index (χ0n) is 12.1. The fourth-order valence-corrected chi connectivity index (χ4v) is 1.87. The molecule has 2 rings (SSSR count). The summed E-state index contributed by atoms with van der Waals surface area (Å²) >= 11 is 0. The van der Waals surface area contributed by atoms with Crippen molar-refractivity contribution in [2.75, 3.05) is 5.32 Å². The summed E-state index contributed by atoms with van der Waals surface area (Å²) in [4.78, 5) is 16.1. The van der Waals surface area contributed by atoms with Gasteiger partial charge >= 0.3 is 0 Å². The smallest absolute Gasteiger partial charge is 0.295 e. The number of benzene rings is 1. The van der Waals surface area contributed by atoms with Gasteiger partial charge in [-0.2, -0.15) is 0 Å². The first-order valence-electron chi connectivity index (χ1n) is 6.96. The van der Waals surface area contributed by atoms with Crippen molar-refractivity contribution in [2.24, 2.45) is 0 Å². The highest BCUT2D eigenvalue weighted by molar-refractivity contribution is 6.01. The lowest BCUT2D eigenvalue weighted by atomic mass is 9.99. The Balaban J connectivity index is 2.04. The van der Waals surface area contributed by atoms with Crippen LogP contribution in [0.4, 0.5) is 5.69 Å². The van der Waals surface area contributed by atoms with Gasteiger partial charge in [0.15, 0.2) is 0 Å². The van der Waals surface area contributed by atoms with Crippen LogP contribution < -0.4 is 5.32 Å². The van der Waals surface area contributed by atoms with Crippen LogP contribution in [0.3, 0.4) is 0 Å². The van der Waals surface area contributed by atoms with E-state index in [1.54, 1.807) is 0 Å². The fourth-order valence-electron chi connectivity index (χ4n) is 1.87. The standard InChI is InChI=1S/C15H20N4O/c1-4-10(3)11-6-8-12(9-7-11)16-15(20)14-17-13(5-2)18-19-14/h6-10H,4-5H2,1-3H3,(H,16,20)(H,17,18,19). The number of H-pyrrole nitrogens is 1. The quantitative estimate of drug-likeness (QED) is 0.878. The van der Waals surface area contributed by atoms with Gasteiger partial charge < -0.3 is 5.32 Å². The first-order valence-corrected chi connectivity index (χ1v) is 6.96. The molecule has 5 heteroatoms. The van der Waals surface area contributed by atoms with Crippen molar-refractivity contribution < 1.29 is 4.79 Å². The van der Waals surface area contributed by atoms with E-state index in [2.05, 4.69) is 34.3 Å². The molecule has 0 bridgehead atoms. The number of rotatable bonds is 5. The zero-order chi connectivity index (χ0) is 14.5. The largest absolute Gasteiger partial charge is 0.319 e. The number of aromatic nitrogens is 3. The molecule has 1 aromatic heterocycles. The van der Waals surface area contributed by atoms with E-state index in [0.29, 0.717) is 11.7 Å². The van der Waals surface area contributed by atoms with Crippen molar-refractivity contribution in [1.82, 2.24) is 15.2 Å². The Labute approximate surface area is 118 Å². The number of hydrogen-bond acceptors (Lipinski definition) is 3. The first-order chi connectivity index (χ1) is 9.63. The second kappa shape index (κ2) is 6.32. The predicted molar refractivity (Wildman–Crippen MR) is 78.9 cm³/mol. The maximum atomic E-state index is 12.0. The lowest BCUT2D eigenvalue weighted by Gasteiger charge is -2.09. The number of amides is 1. The van der Waals surface area contributed by atoms with E-state index in [1.165, 1.54) is 5.56 Å². The van der Waals surface area contributed by atoms with Gasteiger partial charge in [0.25, 0.3) is 5.91 Å². The van der Waals surface area contributed by atoms with Gasteiger partial charge in [0, 0.05) is 12.1 Å². The van der Waals surface area contributed by atoms with Crippen molar-refractivity contribution in [3.63, 3.8) is 0 Å². The molecule has 0 aliphatic carbocycles. The van der Waals surface area contributed by atoms with Crippen molar-refractivity contribution in [3.05, 3.63) is 41.5 Å². The van der Waals surface area contributed by atoms with Crippen LogP contribution in [0, 0.1) is 0 Å². The molecular weight excluding hydrogens is 252 g/mol. The average Bonchev–Trinajstić information content (AvgIpc) is 2.96. The summed E-state index contributed by atoms with van der Waals surface area (Å²) in [6, 6.07) is 7.90. The van der Waals surface area contributed by atoms with Crippen LogP contribution in [0.5, 0.6) is 0 Å². The van der Waals surface area contributed by atoms with Crippen LogP contribution in [0.1, 0.15) is 55.1 Å². The molecule has 0 fully saturated rings. The summed E-state index contributed by atoms with van der Waals surface area (Å²) in [5.74, 6) is 1.12. The second-order valence-electron chi connectivity index (χ2n) is 4.84. The van der Waals surface area contributed by atoms with E-state index in [1.807, 2.05) is 31.2 Å². The van der Waals surface area contributed by atoms with Crippen LogP contribution in [0.2, 0.25) is 0 Å². The third-order valence-electron chi connectivity index (χ3n) is 3.42. The SMILES string of the molecule is CCc1nc(C(=O)Nc2ccc(C(C)CC)cc2)n[nH]1. The molecule has 20 heavy (non-hydrogen) atoms. The summed E-state index contributed by atoms with van der Waals surface area (Å²) in [6.45, 7) is 6.30. The Hall–Kier alpha value is -2.17. The van der Waals surface area contributed by atoms with Crippen molar-refractivity contribution in [3.8, 4) is 0 Å². The maximum Gasteiger partial charge on any atom is 0.295 e.